The molecule has 3 N–H and O–H groups in total. The van der Waals surface area contributed by atoms with Gasteiger partial charge in [-0.25, -0.2) is 0 Å². The molecule has 8 heteroatoms. The fourth-order valence-electron chi connectivity index (χ4n) is 5.45. The van der Waals surface area contributed by atoms with Gasteiger partial charge in [0.15, 0.2) is 17.3 Å². The highest BCUT2D eigenvalue weighted by molar-refractivity contribution is 6.03. The molecule has 0 aromatic heterocycles. The topological polar surface area (TPSA) is 118 Å². The molecule has 37 heavy (non-hydrogen) atoms. The zero-order chi connectivity index (χ0) is 26.3. The van der Waals surface area contributed by atoms with Crippen molar-refractivity contribution >= 4 is 22.2 Å². The molecule has 0 saturated heterocycles. The normalized spacial score (nSPS) is 17.5. The van der Waals surface area contributed by atoms with Crippen molar-refractivity contribution in [2.45, 2.75) is 25.2 Å². The molecule has 2 aliphatic rings. The van der Waals surface area contributed by atoms with E-state index in [1.54, 1.807) is 23.1 Å². The molecule has 1 heterocycles. The lowest BCUT2D eigenvalue weighted by atomic mass is 9.74. The number of nitriles is 1. The van der Waals surface area contributed by atoms with E-state index in [1.807, 2.05) is 30.3 Å². The van der Waals surface area contributed by atoms with E-state index < -0.39 is 5.92 Å². The molecule has 8 nitrogen and oxygen atoms in total. The maximum Gasteiger partial charge on any atom is 0.203 e. The maximum atomic E-state index is 13.5. The third-order valence-corrected chi connectivity index (χ3v) is 7.06. The zero-order valence-electron chi connectivity index (χ0n) is 20.9. The van der Waals surface area contributed by atoms with Gasteiger partial charge in [0.25, 0.3) is 0 Å². The summed E-state index contributed by atoms with van der Waals surface area (Å²) in [4.78, 5) is 15.3. The number of hydrogen-bond donors (Lipinski definition) is 2. The number of allylic oxidation sites excluding steroid dienone is 3. The number of fused-ring (bicyclic) bond motifs is 1. The summed E-state index contributed by atoms with van der Waals surface area (Å²) in [6.45, 7) is 0. The highest BCUT2D eigenvalue weighted by Crippen LogP contribution is 2.51. The first-order valence-corrected chi connectivity index (χ1v) is 11.9. The molecule has 1 aliphatic carbocycles. The molecule has 3 aromatic rings. The Balaban J connectivity index is 1.82. The molecule has 1 unspecified atom stereocenters. The first-order valence-electron chi connectivity index (χ1n) is 11.9. The minimum Gasteiger partial charge on any atom is -0.508 e. The number of ether oxygens (including phenoxy) is 3. The molecule has 0 fully saturated rings. The Morgan fingerprint density at radius 1 is 1.03 bits per heavy atom. The number of methoxy groups -OCH3 is 3. The molecular formula is C29H27N3O5. The Kier molecular flexibility index (Phi) is 6.14. The first kappa shape index (κ1) is 24.1. The predicted octanol–water partition coefficient (Wildman–Crippen LogP) is 4.88. The monoisotopic (exact) mass is 497 g/mol. The van der Waals surface area contributed by atoms with Gasteiger partial charge in [0.1, 0.15) is 11.6 Å². The average Bonchev–Trinajstić information content (AvgIpc) is 2.92. The van der Waals surface area contributed by atoms with Crippen LogP contribution in [0.4, 0.5) is 5.69 Å². The van der Waals surface area contributed by atoms with Crippen LogP contribution in [0.3, 0.4) is 0 Å². The summed E-state index contributed by atoms with van der Waals surface area (Å²) in [5, 5.41) is 23.1. The van der Waals surface area contributed by atoms with Crippen molar-refractivity contribution in [2.24, 2.45) is 5.73 Å². The number of carbonyl (C=O) groups excluding carboxylic acids is 1. The van der Waals surface area contributed by atoms with Crippen LogP contribution < -0.4 is 24.8 Å². The highest BCUT2D eigenvalue weighted by Gasteiger charge is 2.42. The van der Waals surface area contributed by atoms with Gasteiger partial charge >= 0.3 is 0 Å². The van der Waals surface area contributed by atoms with E-state index in [9.17, 15) is 15.2 Å². The van der Waals surface area contributed by atoms with Crippen LogP contribution in [-0.2, 0) is 4.79 Å². The smallest absolute Gasteiger partial charge is 0.203 e. The molecule has 0 amide bonds. The first-order chi connectivity index (χ1) is 17.9. The number of Topliss-reactive ketones (excluding diaryl/α,β-unsaturated/α-hetero) is 1. The summed E-state index contributed by atoms with van der Waals surface area (Å²) in [5.74, 6) is 0.579. The number of nitrogens with two attached hydrogens (primary N) is 1. The van der Waals surface area contributed by atoms with Crippen molar-refractivity contribution in [3.05, 3.63) is 76.8 Å². The summed E-state index contributed by atoms with van der Waals surface area (Å²) in [6, 6.07) is 16.7. The summed E-state index contributed by atoms with van der Waals surface area (Å²) in [5.41, 5.74) is 9.17. The summed E-state index contributed by atoms with van der Waals surface area (Å²) < 4.78 is 16.5. The number of aromatic hydroxyl groups is 1. The minimum atomic E-state index is -0.794. The molecular weight excluding hydrogens is 470 g/mol. The van der Waals surface area contributed by atoms with Gasteiger partial charge in [0, 0.05) is 35.4 Å². The Labute approximate surface area is 214 Å². The van der Waals surface area contributed by atoms with Crippen LogP contribution in [0.15, 0.2) is 71.2 Å². The Hall–Kier alpha value is -4.64. The van der Waals surface area contributed by atoms with Crippen molar-refractivity contribution in [2.75, 3.05) is 26.2 Å². The maximum absolute atomic E-state index is 13.5. The molecule has 3 aromatic carbocycles. The molecule has 0 bridgehead atoms. The molecule has 0 saturated carbocycles. The van der Waals surface area contributed by atoms with Gasteiger partial charge in [-0.2, -0.15) is 5.26 Å². The number of phenolic OH excluding ortho intramolecular Hbond substituents is 1. The van der Waals surface area contributed by atoms with Gasteiger partial charge < -0.3 is 25.1 Å². The second kappa shape index (κ2) is 9.43. The lowest BCUT2D eigenvalue weighted by Crippen LogP contribution is -2.38. The van der Waals surface area contributed by atoms with Gasteiger partial charge in [-0.1, -0.05) is 30.3 Å². The summed E-state index contributed by atoms with van der Waals surface area (Å²) in [7, 11) is 4.56. The predicted molar refractivity (Wildman–Crippen MR) is 140 cm³/mol. The fraction of sp³-hybridized carbons (Fsp3) is 0.241. The second-order valence-electron chi connectivity index (χ2n) is 8.92. The van der Waals surface area contributed by atoms with Crippen molar-refractivity contribution in [1.82, 2.24) is 0 Å². The Bertz CT molecular complexity index is 1510. The number of benzene rings is 3. The van der Waals surface area contributed by atoms with Gasteiger partial charge in [-0.05, 0) is 29.7 Å². The Morgan fingerprint density at radius 3 is 2.38 bits per heavy atom. The molecule has 1 atom stereocenters. The average molecular weight is 498 g/mol. The van der Waals surface area contributed by atoms with Crippen LogP contribution in [0.5, 0.6) is 23.0 Å². The number of rotatable bonds is 5. The lowest BCUT2D eigenvalue weighted by molar-refractivity contribution is -0.116. The van der Waals surface area contributed by atoms with E-state index in [0.29, 0.717) is 59.0 Å². The van der Waals surface area contributed by atoms with E-state index in [1.165, 1.54) is 21.3 Å². The van der Waals surface area contributed by atoms with E-state index in [2.05, 4.69) is 6.07 Å². The highest BCUT2D eigenvalue weighted by atomic mass is 16.5. The third-order valence-electron chi connectivity index (χ3n) is 7.06. The van der Waals surface area contributed by atoms with Gasteiger partial charge in [-0.15, -0.1) is 0 Å². The summed E-state index contributed by atoms with van der Waals surface area (Å²) >= 11 is 0. The molecule has 0 radical (unpaired) electrons. The number of hydrogen-bond acceptors (Lipinski definition) is 8. The quantitative estimate of drug-likeness (QED) is 0.512. The third kappa shape index (κ3) is 3.71. The van der Waals surface area contributed by atoms with Crippen molar-refractivity contribution < 1.29 is 24.1 Å². The molecule has 0 spiro atoms. The van der Waals surface area contributed by atoms with Gasteiger partial charge in [0.2, 0.25) is 5.75 Å². The lowest BCUT2D eigenvalue weighted by Gasteiger charge is -2.40. The van der Waals surface area contributed by atoms with Crippen LogP contribution in [0, 0.1) is 11.3 Å². The number of carbonyl (C=O) groups is 1. The van der Waals surface area contributed by atoms with Crippen molar-refractivity contribution in [1.29, 1.82) is 5.26 Å². The van der Waals surface area contributed by atoms with E-state index in [4.69, 9.17) is 19.9 Å². The largest absolute Gasteiger partial charge is 0.508 e. The number of nitrogens with zero attached hydrogens (tertiary/aromatic N) is 2. The van der Waals surface area contributed by atoms with E-state index in [-0.39, 0.29) is 22.9 Å². The van der Waals surface area contributed by atoms with E-state index >= 15 is 0 Å². The molecule has 1 aliphatic heterocycles. The second-order valence-corrected chi connectivity index (χ2v) is 8.92. The number of phenols is 1. The molecule has 5 rings (SSSR count). The Morgan fingerprint density at radius 2 is 1.73 bits per heavy atom. The van der Waals surface area contributed by atoms with Crippen LogP contribution >= 0.6 is 0 Å². The standard InChI is InChI=1S/C29H27N3O5/c1-35-23-13-17(14-24(36-2)28(23)37-3)32-20-9-6-10-21(33)27(20)26(19(15-30)29(32)31)25-18-8-5-4-7-16(18)11-12-22(25)34/h4-5,7-8,11-14,26,34H,6,9-10,31H2,1-3H3. The fourth-order valence-corrected chi connectivity index (χ4v) is 5.45. The van der Waals surface area contributed by atoms with Crippen molar-refractivity contribution in [3.8, 4) is 29.1 Å². The SMILES string of the molecule is COc1cc(N2C(N)=C(C#N)C(c3c(O)ccc4ccccc34)C3=C2CCCC3=O)cc(OC)c1OC. The van der Waals surface area contributed by atoms with Crippen LogP contribution in [0.2, 0.25) is 0 Å². The minimum absolute atomic E-state index is 0.00992. The molecule has 188 valence electrons. The van der Waals surface area contributed by atoms with E-state index in [0.717, 1.165) is 10.8 Å². The number of anilines is 1. The van der Waals surface area contributed by atoms with Crippen LogP contribution in [0.1, 0.15) is 30.7 Å². The van der Waals surface area contributed by atoms with Gasteiger partial charge in [0.05, 0.1) is 44.6 Å². The summed E-state index contributed by atoms with van der Waals surface area (Å²) in [6.07, 6.45) is 1.56. The van der Waals surface area contributed by atoms with Gasteiger partial charge in [-0.3, -0.25) is 9.69 Å². The van der Waals surface area contributed by atoms with Crippen molar-refractivity contribution in [3.63, 3.8) is 0 Å². The van der Waals surface area contributed by atoms with Crippen LogP contribution in [-0.4, -0.2) is 32.2 Å². The zero-order valence-corrected chi connectivity index (χ0v) is 20.9. The van der Waals surface area contributed by atoms with Crippen LogP contribution in [0.25, 0.3) is 10.8 Å². The number of ketones is 1.